The van der Waals surface area contributed by atoms with Crippen LogP contribution in [0, 0.1) is 11.7 Å². The van der Waals surface area contributed by atoms with Crippen molar-refractivity contribution in [2.24, 2.45) is 5.92 Å². The molecule has 0 radical (unpaired) electrons. The standard InChI is InChI=1S/C17H24ClFO/c1-3-5-12-6-8-13(9-7-12)14-10-11-15(20-4-2)16(18)17(14)19/h10-13H,3-9H2,1-2H3. The second kappa shape index (κ2) is 7.31. The second-order valence-corrected chi connectivity index (χ2v) is 6.10. The maximum Gasteiger partial charge on any atom is 0.149 e. The molecule has 0 saturated heterocycles. The largest absolute Gasteiger partial charge is 0.492 e. The van der Waals surface area contributed by atoms with Crippen molar-refractivity contribution in [1.29, 1.82) is 0 Å². The third-order valence-corrected chi connectivity index (χ3v) is 4.71. The van der Waals surface area contributed by atoms with Gasteiger partial charge in [-0.3, -0.25) is 0 Å². The van der Waals surface area contributed by atoms with E-state index in [2.05, 4.69) is 6.92 Å². The van der Waals surface area contributed by atoms with Gasteiger partial charge in [0.05, 0.1) is 6.61 Å². The molecule has 0 aromatic heterocycles. The molecule has 112 valence electrons. The first-order chi connectivity index (χ1) is 9.67. The van der Waals surface area contributed by atoms with Crippen molar-refractivity contribution in [1.82, 2.24) is 0 Å². The van der Waals surface area contributed by atoms with E-state index in [1.807, 2.05) is 19.1 Å². The summed E-state index contributed by atoms with van der Waals surface area (Å²) < 4.78 is 19.7. The number of rotatable bonds is 5. The summed E-state index contributed by atoms with van der Waals surface area (Å²) in [5.74, 6) is 1.32. The average Bonchev–Trinajstić information content (AvgIpc) is 2.46. The van der Waals surface area contributed by atoms with E-state index in [9.17, 15) is 4.39 Å². The van der Waals surface area contributed by atoms with Crippen molar-refractivity contribution in [3.8, 4) is 5.75 Å². The average molecular weight is 299 g/mol. The number of ether oxygens (including phenoxy) is 1. The highest BCUT2D eigenvalue weighted by atomic mass is 35.5. The van der Waals surface area contributed by atoms with Crippen molar-refractivity contribution in [2.45, 2.75) is 58.3 Å². The van der Waals surface area contributed by atoms with Gasteiger partial charge in [0.1, 0.15) is 16.6 Å². The quantitative estimate of drug-likeness (QED) is 0.652. The monoisotopic (exact) mass is 298 g/mol. The molecule has 2 rings (SSSR count). The minimum absolute atomic E-state index is 0.139. The van der Waals surface area contributed by atoms with Crippen molar-refractivity contribution < 1.29 is 9.13 Å². The molecule has 0 spiro atoms. The van der Waals surface area contributed by atoms with E-state index in [0.29, 0.717) is 18.3 Å². The minimum atomic E-state index is -0.281. The Morgan fingerprint density at radius 3 is 2.50 bits per heavy atom. The summed E-state index contributed by atoms with van der Waals surface area (Å²) in [6, 6.07) is 3.67. The van der Waals surface area contributed by atoms with Crippen molar-refractivity contribution in [2.75, 3.05) is 6.61 Å². The van der Waals surface area contributed by atoms with Crippen LogP contribution in [-0.2, 0) is 0 Å². The lowest BCUT2D eigenvalue weighted by Gasteiger charge is -2.29. The lowest BCUT2D eigenvalue weighted by molar-refractivity contribution is 0.303. The Morgan fingerprint density at radius 1 is 1.20 bits per heavy atom. The normalized spacial score (nSPS) is 22.8. The van der Waals surface area contributed by atoms with Crippen molar-refractivity contribution in [3.05, 3.63) is 28.5 Å². The zero-order chi connectivity index (χ0) is 14.5. The molecule has 1 nitrogen and oxygen atoms in total. The smallest absolute Gasteiger partial charge is 0.149 e. The molecule has 1 aromatic rings. The molecule has 0 aliphatic heterocycles. The summed E-state index contributed by atoms with van der Waals surface area (Å²) in [6.07, 6.45) is 7.13. The number of hydrogen-bond donors (Lipinski definition) is 0. The Hall–Kier alpha value is -0.760. The minimum Gasteiger partial charge on any atom is -0.492 e. The lowest BCUT2D eigenvalue weighted by Crippen LogP contribution is -2.14. The number of halogens is 2. The zero-order valence-corrected chi connectivity index (χ0v) is 13.2. The molecular weight excluding hydrogens is 275 g/mol. The Morgan fingerprint density at radius 2 is 1.90 bits per heavy atom. The van der Waals surface area contributed by atoms with Gasteiger partial charge in [-0.1, -0.05) is 37.4 Å². The van der Waals surface area contributed by atoms with Crippen LogP contribution in [0.5, 0.6) is 5.75 Å². The van der Waals surface area contributed by atoms with Crippen LogP contribution in [-0.4, -0.2) is 6.61 Å². The van der Waals surface area contributed by atoms with E-state index in [0.717, 1.165) is 24.3 Å². The van der Waals surface area contributed by atoms with Crippen LogP contribution in [0.25, 0.3) is 0 Å². The molecule has 0 unspecified atom stereocenters. The van der Waals surface area contributed by atoms with Gasteiger partial charge >= 0.3 is 0 Å². The van der Waals surface area contributed by atoms with Crippen LogP contribution < -0.4 is 4.74 Å². The highest BCUT2D eigenvalue weighted by Crippen LogP contribution is 2.41. The fraction of sp³-hybridized carbons (Fsp3) is 0.647. The van der Waals surface area contributed by atoms with Crippen LogP contribution >= 0.6 is 11.6 Å². The molecule has 1 fully saturated rings. The Bertz CT molecular complexity index is 439. The van der Waals surface area contributed by atoms with Gasteiger partial charge in [-0.15, -0.1) is 0 Å². The van der Waals surface area contributed by atoms with Gasteiger partial charge in [0.15, 0.2) is 0 Å². The Labute approximate surface area is 126 Å². The molecule has 1 aliphatic carbocycles. The number of benzene rings is 1. The molecule has 0 atom stereocenters. The molecule has 3 heteroatoms. The Balaban J connectivity index is 2.08. The first-order valence-corrected chi connectivity index (χ1v) is 8.15. The predicted molar refractivity (Wildman–Crippen MR) is 82.2 cm³/mol. The predicted octanol–water partition coefficient (Wildman–Crippen LogP) is 5.95. The van der Waals surface area contributed by atoms with Crippen LogP contribution in [0.3, 0.4) is 0 Å². The highest BCUT2D eigenvalue weighted by molar-refractivity contribution is 6.32. The molecule has 0 amide bonds. The summed E-state index contributed by atoms with van der Waals surface area (Å²) >= 11 is 6.07. The van der Waals surface area contributed by atoms with E-state index in [4.69, 9.17) is 16.3 Å². The first kappa shape index (κ1) is 15.6. The molecule has 0 heterocycles. The molecular formula is C17H24ClFO. The fourth-order valence-electron chi connectivity index (χ4n) is 3.30. The van der Waals surface area contributed by atoms with Gasteiger partial charge in [-0.2, -0.15) is 0 Å². The van der Waals surface area contributed by atoms with Crippen molar-refractivity contribution in [3.63, 3.8) is 0 Å². The van der Waals surface area contributed by atoms with E-state index < -0.39 is 0 Å². The first-order valence-electron chi connectivity index (χ1n) is 7.78. The molecule has 1 aromatic carbocycles. The van der Waals surface area contributed by atoms with Gasteiger partial charge in [0.25, 0.3) is 0 Å². The van der Waals surface area contributed by atoms with E-state index in [1.165, 1.54) is 25.7 Å². The van der Waals surface area contributed by atoms with Gasteiger partial charge in [-0.05, 0) is 56.1 Å². The third kappa shape index (κ3) is 3.46. The molecule has 1 saturated carbocycles. The Kier molecular flexibility index (Phi) is 5.71. The van der Waals surface area contributed by atoms with Gasteiger partial charge in [0.2, 0.25) is 0 Å². The van der Waals surface area contributed by atoms with E-state index >= 15 is 0 Å². The second-order valence-electron chi connectivity index (χ2n) is 5.72. The molecule has 0 bridgehead atoms. The lowest BCUT2D eigenvalue weighted by atomic mass is 9.77. The van der Waals surface area contributed by atoms with Gasteiger partial charge in [-0.25, -0.2) is 4.39 Å². The summed E-state index contributed by atoms with van der Waals surface area (Å²) in [5, 5.41) is 0.139. The summed E-state index contributed by atoms with van der Waals surface area (Å²) in [7, 11) is 0. The fourth-order valence-corrected chi connectivity index (χ4v) is 3.53. The summed E-state index contributed by atoms with van der Waals surface area (Å²) in [6.45, 7) is 4.61. The van der Waals surface area contributed by atoms with E-state index in [-0.39, 0.29) is 10.8 Å². The molecule has 20 heavy (non-hydrogen) atoms. The van der Waals surface area contributed by atoms with Crippen LogP contribution in [0.2, 0.25) is 5.02 Å². The maximum atomic E-state index is 14.4. The maximum absolute atomic E-state index is 14.4. The molecule has 0 N–H and O–H groups in total. The third-order valence-electron chi connectivity index (χ3n) is 4.36. The van der Waals surface area contributed by atoms with E-state index in [1.54, 1.807) is 0 Å². The molecule has 1 aliphatic rings. The van der Waals surface area contributed by atoms with Gasteiger partial charge in [0, 0.05) is 0 Å². The van der Waals surface area contributed by atoms with Gasteiger partial charge < -0.3 is 4.74 Å². The van der Waals surface area contributed by atoms with Crippen LogP contribution in [0.4, 0.5) is 4.39 Å². The van der Waals surface area contributed by atoms with Crippen LogP contribution in [0.1, 0.15) is 63.9 Å². The summed E-state index contributed by atoms with van der Waals surface area (Å²) in [4.78, 5) is 0. The summed E-state index contributed by atoms with van der Waals surface area (Å²) in [5.41, 5.74) is 0.772. The zero-order valence-electron chi connectivity index (χ0n) is 12.4. The van der Waals surface area contributed by atoms with Crippen LogP contribution in [0.15, 0.2) is 12.1 Å². The highest BCUT2D eigenvalue weighted by Gasteiger charge is 2.25. The van der Waals surface area contributed by atoms with Crippen molar-refractivity contribution >= 4 is 11.6 Å². The SMILES string of the molecule is CCCC1CCC(c2ccc(OCC)c(Cl)c2F)CC1. The topological polar surface area (TPSA) is 9.23 Å². The number of hydrogen-bond acceptors (Lipinski definition) is 1.